The molecule has 2 aromatic heterocycles. The van der Waals surface area contributed by atoms with Crippen molar-refractivity contribution in [1.82, 2.24) is 34.9 Å². The molecule has 5 amide bonds. The van der Waals surface area contributed by atoms with E-state index >= 15 is 0 Å². The highest BCUT2D eigenvalue weighted by Crippen LogP contribution is 2.33. The molecule has 15 nitrogen and oxygen atoms in total. The summed E-state index contributed by atoms with van der Waals surface area (Å²) in [5.74, 6) is -0.332. The molecular weight excluding hydrogens is 702 g/mol. The molecule has 0 spiro atoms. The third kappa shape index (κ3) is 7.07. The molecule has 3 aliphatic rings. The number of nitrogens with zero attached hydrogens (tertiary/aromatic N) is 7. The van der Waals surface area contributed by atoms with E-state index in [2.05, 4.69) is 21.4 Å². The summed E-state index contributed by atoms with van der Waals surface area (Å²) in [5.41, 5.74) is 9.47. The van der Waals surface area contributed by atoms with E-state index in [1.807, 2.05) is 69.1 Å². The highest BCUT2D eigenvalue weighted by atomic mass is 16.5. The van der Waals surface area contributed by atoms with E-state index in [0.717, 1.165) is 35.5 Å². The van der Waals surface area contributed by atoms with Gasteiger partial charge in [-0.05, 0) is 67.8 Å². The number of hydrogen-bond donors (Lipinski definition) is 2. The molecule has 3 N–H and O–H groups in total. The monoisotopic (exact) mass is 740 g/mol. The molecule has 5 aromatic rings. The molecule has 8 rings (SSSR count). The number of aromatic nitrogens is 4. The summed E-state index contributed by atoms with van der Waals surface area (Å²) < 4.78 is 7.79. The number of carbonyl (C=O) groups is 5. The van der Waals surface area contributed by atoms with Crippen molar-refractivity contribution in [3.8, 4) is 22.8 Å². The maximum atomic E-state index is 13.2. The SMILES string of the molecule is Nc1ncnc2c1c(-c1ccc(Oc3ccccc3)cc1)nn2CCCCCC(=O)N1CCN(c2[c]c3c(cc2)C(=O)N(C2CCC(=O)NC2=O)C3=O)CC1. The van der Waals surface area contributed by atoms with Crippen LogP contribution in [0.1, 0.15) is 59.2 Å². The van der Waals surface area contributed by atoms with Gasteiger partial charge in [-0.15, -0.1) is 0 Å². The Kier molecular flexibility index (Phi) is 9.66. The van der Waals surface area contributed by atoms with Crippen LogP contribution in [0.2, 0.25) is 0 Å². The number of nitrogens with one attached hydrogen (secondary N) is 1. The molecule has 3 aliphatic heterocycles. The maximum absolute atomic E-state index is 13.2. The Morgan fingerprint density at radius 2 is 1.64 bits per heavy atom. The van der Waals surface area contributed by atoms with Crippen LogP contribution in [0.5, 0.6) is 11.5 Å². The molecule has 2 fully saturated rings. The van der Waals surface area contributed by atoms with Gasteiger partial charge in [0.25, 0.3) is 11.8 Å². The van der Waals surface area contributed by atoms with E-state index in [-0.39, 0.29) is 29.9 Å². The number of nitrogen functional groups attached to an aromatic ring is 1. The molecule has 1 atom stereocenters. The normalized spacial score (nSPS) is 17.2. The summed E-state index contributed by atoms with van der Waals surface area (Å²) in [7, 11) is 0. The van der Waals surface area contributed by atoms with Gasteiger partial charge in [0.15, 0.2) is 5.65 Å². The molecule has 5 heterocycles. The van der Waals surface area contributed by atoms with Crippen molar-refractivity contribution < 1.29 is 28.7 Å². The van der Waals surface area contributed by atoms with Crippen molar-refractivity contribution >= 4 is 52.1 Å². The number of carbonyl (C=O) groups excluding carboxylic acids is 5. The molecule has 2 saturated heterocycles. The molecule has 15 heteroatoms. The van der Waals surface area contributed by atoms with Crippen LogP contribution in [-0.2, 0) is 20.9 Å². The van der Waals surface area contributed by atoms with Gasteiger partial charge in [0.2, 0.25) is 17.7 Å². The van der Waals surface area contributed by atoms with Gasteiger partial charge >= 0.3 is 0 Å². The topological polar surface area (TPSA) is 186 Å². The van der Waals surface area contributed by atoms with Gasteiger partial charge in [0, 0.05) is 62.9 Å². The van der Waals surface area contributed by atoms with Gasteiger partial charge in [-0.2, -0.15) is 5.10 Å². The predicted octanol–water partition coefficient (Wildman–Crippen LogP) is 3.98. The minimum atomic E-state index is -1.03. The first-order chi connectivity index (χ1) is 26.7. The Morgan fingerprint density at radius 1 is 0.873 bits per heavy atom. The Balaban J connectivity index is 0.821. The van der Waals surface area contributed by atoms with Crippen LogP contribution < -0.4 is 20.7 Å². The first kappa shape index (κ1) is 35.4. The fourth-order valence-corrected chi connectivity index (χ4v) is 7.33. The van der Waals surface area contributed by atoms with Gasteiger partial charge in [-0.3, -0.25) is 34.2 Å². The molecule has 1 unspecified atom stereocenters. The number of fused-ring (bicyclic) bond motifs is 2. The third-order valence-electron chi connectivity index (χ3n) is 10.2. The first-order valence-electron chi connectivity index (χ1n) is 18.4. The van der Waals surface area contributed by atoms with Gasteiger partial charge in [-0.25, -0.2) is 14.6 Å². The van der Waals surface area contributed by atoms with Gasteiger partial charge in [-0.1, -0.05) is 24.6 Å². The van der Waals surface area contributed by atoms with Crippen LogP contribution in [0.4, 0.5) is 11.5 Å². The Labute approximate surface area is 316 Å². The van der Waals surface area contributed by atoms with Crippen LogP contribution in [0.25, 0.3) is 22.3 Å². The fourth-order valence-electron chi connectivity index (χ4n) is 7.33. The van der Waals surface area contributed by atoms with Crippen molar-refractivity contribution in [2.24, 2.45) is 0 Å². The van der Waals surface area contributed by atoms with Gasteiger partial charge < -0.3 is 20.3 Å². The van der Waals surface area contributed by atoms with Crippen LogP contribution in [0.15, 0.2) is 73.1 Å². The lowest BCUT2D eigenvalue weighted by Crippen LogP contribution is -2.54. The molecular formula is C40H38N9O6. The zero-order valence-corrected chi connectivity index (χ0v) is 29.9. The fraction of sp³-hybridized carbons (Fsp3) is 0.300. The molecule has 1 radical (unpaired) electrons. The number of imide groups is 2. The summed E-state index contributed by atoms with van der Waals surface area (Å²) in [4.78, 5) is 76.9. The van der Waals surface area contributed by atoms with Crippen molar-refractivity contribution in [3.05, 3.63) is 90.3 Å². The van der Waals surface area contributed by atoms with Crippen LogP contribution in [0.3, 0.4) is 0 Å². The number of amides is 5. The molecule has 0 saturated carbocycles. The summed E-state index contributed by atoms with van der Waals surface area (Å²) in [6.45, 7) is 2.72. The number of piperidine rings is 1. The number of aryl methyl sites for hydroxylation is 1. The largest absolute Gasteiger partial charge is 0.457 e. The Morgan fingerprint density at radius 3 is 2.40 bits per heavy atom. The zero-order valence-electron chi connectivity index (χ0n) is 29.9. The molecule has 55 heavy (non-hydrogen) atoms. The number of unbranched alkanes of at least 4 members (excludes halogenated alkanes) is 2. The average molecular weight is 741 g/mol. The standard InChI is InChI=1S/C40H38N9O6/c41-36-34-35(25-10-13-28(14-11-25)55-27-7-3-1-4-8-27)45-48(37(34)43-24-42-36)18-6-2-5-9-33(51)47-21-19-46(20-22-47)26-12-15-29-30(23-26)40(54)49(39(29)53)31-16-17-32(50)44-38(31)52/h1,3-4,7-8,10-15,24,31H,2,5-6,9,16-22H2,(H2,41,42,43)(H,44,50,52). The van der Waals surface area contributed by atoms with Gasteiger partial charge in [0.05, 0.1) is 16.5 Å². The van der Waals surface area contributed by atoms with Crippen molar-refractivity contribution in [2.75, 3.05) is 36.8 Å². The van der Waals surface area contributed by atoms with E-state index in [1.165, 1.54) is 6.33 Å². The van der Waals surface area contributed by atoms with Crippen molar-refractivity contribution in [3.63, 3.8) is 0 Å². The average Bonchev–Trinajstić information content (AvgIpc) is 3.69. The quantitative estimate of drug-likeness (QED) is 0.147. The van der Waals surface area contributed by atoms with E-state index in [9.17, 15) is 24.0 Å². The van der Waals surface area contributed by atoms with Gasteiger partial charge in [0.1, 0.15) is 35.4 Å². The smallest absolute Gasteiger partial charge is 0.263 e. The summed E-state index contributed by atoms with van der Waals surface area (Å²) >= 11 is 0. The number of piperazine rings is 1. The molecule has 279 valence electrons. The molecule has 0 aliphatic carbocycles. The van der Waals surface area contributed by atoms with Crippen LogP contribution >= 0.6 is 0 Å². The lowest BCUT2D eigenvalue weighted by Gasteiger charge is -2.36. The van der Waals surface area contributed by atoms with E-state index in [4.69, 9.17) is 15.6 Å². The number of rotatable bonds is 11. The lowest BCUT2D eigenvalue weighted by molar-refractivity contribution is -0.136. The lowest BCUT2D eigenvalue weighted by atomic mass is 10.0. The van der Waals surface area contributed by atoms with E-state index < -0.39 is 29.7 Å². The van der Waals surface area contributed by atoms with Crippen LogP contribution in [-0.4, -0.2) is 91.3 Å². The molecule has 0 bridgehead atoms. The summed E-state index contributed by atoms with van der Waals surface area (Å²) in [6.07, 6.45) is 4.35. The maximum Gasteiger partial charge on any atom is 0.263 e. The number of nitrogens with two attached hydrogens (primary N) is 1. The highest BCUT2D eigenvalue weighted by molar-refractivity contribution is 6.23. The first-order valence-corrected chi connectivity index (χ1v) is 18.4. The Hall–Kier alpha value is -6.64. The number of ether oxygens (including phenoxy) is 1. The van der Waals surface area contributed by atoms with E-state index in [1.54, 1.807) is 12.1 Å². The second-order valence-corrected chi connectivity index (χ2v) is 13.7. The second kappa shape index (κ2) is 15.0. The second-order valence-electron chi connectivity index (χ2n) is 13.7. The Bertz CT molecular complexity index is 2300. The number of hydrogen-bond acceptors (Lipinski definition) is 11. The zero-order chi connectivity index (χ0) is 38.1. The number of para-hydroxylation sites is 1. The summed E-state index contributed by atoms with van der Waals surface area (Å²) in [6, 6.07) is 22.6. The predicted molar refractivity (Wildman–Crippen MR) is 201 cm³/mol. The van der Waals surface area contributed by atoms with Crippen LogP contribution in [0, 0.1) is 6.07 Å². The minimum Gasteiger partial charge on any atom is -0.457 e. The highest BCUT2D eigenvalue weighted by Gasteiger charge is 2.45. The van der Waals surface area contributed by atoms with Crippen molar-refractivity contribution in [2.45, 2.75) is 51.1 Å². The number of anilines is 2. The van der Waals surface area contributed by atoms with Crippen molar-refractivity contribution in [1.29, 1.82) is 0 Å². The number of benzene rings is 3. The molecule has 3 aromatic carbocycles. The minimum absolute atomic E-state index is 0.0560. The van der Waals surface area contributed by atoms with E-state index in [0.29, 0.717) is 73.1 Å². The third-order valence-corrected chi connectivity index (χ3v) is 10.2. The summed E-state index contributed by atoms with van der Waals surface area (Å²) in [5, 5.41) is 7.78.